The molecular weight excluding hydrogens is 588 g/mol. The van der Waals surface area contributed by atoms with Crippen molar-refractivity contribution in [2.45, 2.75) is 105 Å². The van der Waals surface area contributed by atoms with Gasteiger partial charge in [0.2, 0.25) is 27.6 Å². The Morgan fingerprint density at radius 1 is 0.886 bits per heavy atom. The van der Waals surface area contributed by atoms with Crippen LogP contribution in [0.3, 0.4) is 0 Å². The van der Waals surface area contributed by atoms with Crippen molar-refractivity contribution in [1.82, 2.24) is 30.5 Å². The Hall–Kier alpha value is -2.74. The standard InChI is InChI=1S/C30H52N6O7S/c1-18-12-14-36(22(18)25(38)32-20(16-19-10-11-19)23(37)26(39)31-8)27(40)24(30(5,6)7)34-28(41)33-21(29(2,3)4)17-35-13-9-15-44(35,42)43/h18-22,24H,9-17H2,1-8H3,(H,31,39)(H,32,38)(H2,33,34,41)/t18-,20?,21+,22-,24+/m0/s1. The molecule has 2 heterocycles. The number of nitrogens with one attached hydrogen (secondary N) is 4. The lowest BCUT2D eigenvalue weighted by molar-refractivity contribution is -0.144. The summed E-state index contributed by atoms with van der Waals surface area (Å²) in [6.45, 7) is 13.9. The minimum Gasteiger partial charge on any atom is -0.353 e. The van der Waals surface area contributed by atoms with Crippen LogP contribution < -0.4 is 21.3 Å². The topological polar surface area (TPSA) is 174 Å². The molecule has 13 nitrogen and oxygen atoms in total. The van der Waals surface area contributed by atoms with E-state index in [0.29, 0.717) is 32.4 Å². The number of Topliss-reactive ketones (excluding diaryl/α,β-unsaturated/α-hetero) is 1. The second kappa shape index (κ2) is 13.7. The second-order valence-electron chi connectivity index (χ2n) is 14.8. The van der Waals surface area contributed by atoms with Gasteiger partial charge in [-0.15, -0.1) is 0 Å². The molecule has 3 rings (SSSR count). The average molecular weight is 641 g/mol. The number of hydrogen-bond acceptors (Lipinski definition) is 7. The third-order valence-corrected chi connectivity index (χ3v) is 10.9. The number of carbonyl (C=O) groups is 5. The van der Waals surface area contributed by atoms with Gasteiger partial charge in [0.05, 0.1) is 11.8 Å². The maximum atomic E-state index is 14.1. The van der Waals surface area contributed by atoms with E-state index in [4.69, 9.17) is 0 Å². The molecule has 0 radical (unpaired) electrons. The van der Waals surface area contributed by atoms with Gasteiger partial charge in [-0.2, -0.15) is 4.31 Å². The van der Waals surface area contributed by atoms with Crippen molar-refractivity contribution < 1.29 is 32.4 Å². The van der Waals surface area contributed by atoms with Crippen molar-refractivity contribution in [3.8, 4) is 0 Å². The summed E-state index contributed by atoms with van der Waals surface area (Å²) in [5.74, 6) is -2.27. The molecule has 250 valence electrons. The molecular formula is C30H52N6O7S. The van der Waals surface area contributed by atoms with Crippen molar-refractivity contribution in [3.63, 3.8) is 0 Å². The molecule has 2 aliphatic heterocycles. The van der Waals surface area contributed by atoms with Crippen molar-refractivity contribution in [2.75, 3.05) is 32.4 Å². The number of rotatable bonds is 11. The van der Waals surface area contributed by atoms with E-state index in [2.05, 4.69) is 21.3 Å². The Kier molecular flexibility index (Phi) is 11.1. The van der Waals surface area contributed by atoms with Crippen LogP contribution in [0.2, 0.25) is 0 Å². The molecule has 44 heavy (non-hydrogen) atoms. The zero-order valence-electron chi connectivity index (χ0n) is 27.5. The first-order valence-corrected chi connectivity index (χ1v) is 17.3. The minimum absolute atomic E-state index is 0.0843. The maximum absolute atomic E-state index is 14.1. The number of amides is 5. The number of nitrogens with zero attached hydrogens (tertiary/aromatic N) is 2. The molecule has 0 spiro atoms. The van der Waals surface area contributed by atoms with Crippen LogP contribution >= 0.6 is 0 Å². The highest BCUT2D eigenvalue weighted by Gasteiger charge is 2.46. The van der Waals surface area contributed by atoms with Gasteiger partial charge in [0.15, 0.2) is 0 Å². The van der Waals surface area contributed by atoms with E-state index in [9.17, 15) is 32.4 Å². The van der Waals surface area contributed by atoms with Gasteiger partial charge in [-0.25, -0.2) is 13.2 Å². The number of likely N-dealkylation sites (tertiary alicyclic amines) is 1. The SMILES string of the molecule is CNC(=O)C(=O)C(CC1CC1)NC(=O)[C@@H]1[C@@H](C)CCN1C(=O)[C@@H](NC(=O)N[C@H](CN1CCCS1(=O)=O)C(C)(C)C)C(C)(C)C. The molecule has 3 fully saturated rings. The molecule has 5 atom stereocenters. The summed E-state index contributed by atoms with van der Waals surface area (Å²) in [4.78, 5) is 67.4. The predicted molar refractivity (Wildman–Crippen MR) is 166 cm³/mol. The number of carbonyl (C=O) groups excluding carboxylic acids is 5. The summed E-state index contributed by atoms with van der Waals surface area (Å²) in [5, 5.41) is 10.8. The zero-order chi connectivity index (χ0) is 33.2. The summed E-state index contributed by atoms with van der Waals surface area (Å²) in [6, 6.07) is -4.00. The molecule has 1 aliphatic carbocycles. The van der Waals surface area contributed by atoms with E-state index in [1.807, 2.05) is 48.5 Å². The molecule has 5 amide bonds. The fourth-order valence-electron chi connectivity index (χ4n) is 5.83. The van der Waals surface area contributed by atoms with Gasteiger partial charge in [-0.3, -0.25) is 19.2 Å². The van der Waals surface area contributed by atoms with Gasteiger partial charge in [0.25, 0.3) is 5.91 Å². The lowest BCUT2D eigenvalue weighted by Crippen LogP contribution is -2.62. The van der Waals surface area contributed by atoms with Crippen LogP contribution in [-0.2, 0) is 29.2 Å². The van der Waals surface area contributed by atoms with Crippen molar-refractivity contribution in [1.29, 1.82) is 0 Å². The average Bonchev–Trinajstić information content (AvgIpc) is 3.55. The summed E-state index contributed by atoms with van der Waals surface area (Å²) in [5.41, 5.74) is -1.21. The second-order valence-corrected chi connectivity index (χ2v) is 16.9. The van der Waals surface area contributed by atoms with Gasteiger partial charge in [0.1, 0.15) is 12.1 Å². The molecule has 0 aromatic carbocycles. The first-order valence-electron chi connectivity index (χ1n) is 15.7. The highest BCUT2D eigenvalue weighted by Crippen LogP contribution is 2.34. The van der Waals surface area contributed by atoms with Crippen LogP contribution in [0.1, 0.15) is 80.6 Å². The smallest absolute Gasteiger partial charge is 0.315 e. The first kappa shape index (κ1) is 35.7. The largest absolute Gasteiger partial charge is 0.353 e. The minimum atomic E-state index is -3.37. The van der Waals surface area contributed by atoms with E-state index in [1.165, 1.54) is 16.3 Å². The van der Waals surface area contributed by atoms with Crippen LogP contribution in [0.15, 0.2) is 0 Å². The molecule has 2 saturated heterocycles. The predicted octanol–water partition coefficient (Wildman–Crippen LogP) is 0.988. The molecule has 14 heteroatoms. The molecule has 1 unspecified atom stereocenters. The van der Waals surface area contributed by atoms with Gasteiger partial charge >= 0.3 is 6.03 Å². The van der Waals surface area contributed by atoms with Gasteiger partial charge < -0.3 is 26.2 Å². The molecule has 0 aromatic heterocycles. The third-order valence-electron chi connectivity index (χ3n) is 8.93. The highest BCUT2D eigenvalue weighted by molar-refractivity contribution is 7.89. The van der Waals surface area contributed by atoms with Crippen LogP contribution in [0.25, 0.3) is 0 Å². The number of likely N-dealkylation sites (N-methyl/N-ethyl adjacent to an activating group) is 1. The quantitative estimate of drug-likeness (QED) is 0.244. The summed E-state index contributed by atoms with van der Waals surface area (Å²) in [7, 11) is -2.01. The van der Waals surface area contributed by atoms with Gasteiger partial charge in [-0.05, 0) is 41.9 Å². The van der Waals surface area contributed by atoms with E-state index in [1.54, 1.807) is 0 Å². The van der Waals surface area contributed by atoms with Crippen LogP contribution in [0, 0.1) is 22.7 Å². The summed E-state index contributed by atoms with van der Waals surface area (Å²) >= 11 is 0. The Morgan fingerprint density at radius 3 is 2.02 bits per heavy atom. The lowest BCUT2D eigenvalue weighted by Gasteiger charge is -2.38. The van der Waals surface area contributed by atoms with Crippen molar-refractivity contribution in [3.05, 3.63) is 0 Å². The Labute approximate surface area is 262 Å². The fraction of sp³-hybridized carbons (Fsp3) is 0.833. The highest BCUT2D eigenvalue weighted by atomic mass is 32.2. The van der Waals surface area contributed by atoms with Gasteiger partial charge in [-0.1, -0.05) is 61.3 Å². The Bertz CT molecular complexity index is 1220. The number of ketones is 1. The lowest BCUT2D eigenvalue weighted by atomic mass is 9.85. The first-order chi connectivity index (χ1) is 20.3. The van der Waals surface area contributed by atoms with Crippen LogP contribution in [0.4, 0.5) is 4.79 Å². The molecule has 3 aliphatic rings. The number of sulfonamides is 1. The molecule has 4 N–H and O–H groups in total. The normalized spacial score (nSPS) is 24.2. The van der Waals surface area contributed by atoms with Crippen molar-refractivity contribution in [2.24, 2.45) is 22.7 Å². The number of urea groups is 1. The fourth-order valence-corrected chi connectivity index (χ4v) is 7.37. The molecule has 0 bridgehead atoms. The third kappa shape index (κ3) is 8.92. The monoisotopic (exact) mass is 640 g/mol. The zero-order valence-corrected chi connectivity index (χ0v) is 28.3. The van der Waals surface area contributed by atoms with Gasteiger partial charge in [0, 0.05) is 32.7 Å². The van der Waals surface area contributed by atoms with E-state index in [-0.39, 0.29) is 24.1 Å². The molecule has 1 saturated carbocycles. The molecule has 0 aromatic rings. The summed E-state index contributed by atoms with van der Waals surface area (Å²) < 4.78 is 26.3. The Balaban J connectivity index is 1.76. The Morgan fingerprint density at radius 2 is 1.52 bits per heavy atom. The van der Waals surface area contributed by atoms with Crippen LogP contribution in [0.5, 0.6) is 0 Å². The van der Waals surface area contributed by atoms with E-state index >= 15 is 0 Å². The van der Waals surface area contributed by atoms with E-state index in [0.717, 1.165) is 12.8 Å². The summed E-state index contributed by atoms with van der Waals surface area (Å²) in [6.07, 6.45) is 3.33. The number of hydrogen-bond donors (Lipinski definition) is 4. The maximum Gasteiger partial charge on any atom is 0.315 e. The van der Waals surface area contributed by atoms with Crippen molar-refractivity contribution >= 4 is 39.6 Å². The van der Waals surface area contributed by atoms with Crippen LogP contribution in [-0.4, -0.2) is 104 Å². The van der Waals surface area contributed by atoms with E-state index < -0.39 is 74.6 Å².